The largest absolute Gasteiger partial charge is 0.372 e. The van der Waals surface area contributed by atoms with E-state index in [-0.39, 0.29) is 0 Å². The van der Waals surface area contributed by atoms with Crippen LogP contribution in [0.15, 0.2) is 18.2 Å². The summed E-state index contributed by atoms with van der Waals surface area (Å²) < 4.78 is 0. The predicted molar refractivity (Wildman–Crippen MR) is 86.0 cm³/mol. The van der Waals surface area contributed by atoms with E-state index in [1.54, 1.807) is 0 Å². The summed E-state index contributed by atoms with van der Waals surface area (Å²) in [4.78, 5) is 2.45. The van der Waals surface area contributed by atoms with E-state index in [9.17, 15) is 0 Å². The van der Waals surface area contributed by atoms with E-state index in [0.29, 0.717) is 0 Å². The zero-order chi connectivity index (χ0) is 14.1. The van der Waals surface area contributed by atoms with Gasteiger partial charge in [-0.15, -0.1) is 0 Å². The van der Waals surface area contributed by atoms with Crippen molar-refractivity contribution in [2.45, 2.75) is 53.5 Å². The Morgan fingerprint density at radius 2 is 1.89 bits per heavy atom. The molecule has 0 heterocycles. The van der Waals surface area contributed by atoms with Gasteiger partial charge in [-0.25, -0.2) is 0 Å². The van der Waals surface area contributed by atoms with E-state index in [2.05, 4.69) is 56.1 Å². The van der Waals surface area contributed by atoms with Crippen molar-refractivity contribution < 1.29 is 0 Å². The Hall–Kier alpha value is -1.02. The summed E-state index contributed by atoms with van der Waals surface area (Å²) in [7, 11) is 0. The summed E-state index contributed by atoms with van der Waals surface area (Å²) in [6, 6.07) is 6.88. The van der Waals surface area contributed by atoms with Gasteiger partial charge in [0.05, 0.1) is 0 Å². The van der Waals surface area contributed by atoms with Crippen molar-refractivity contribution in [1.82, 2.24) is 5.32 Å². The number of hydrogen-bond acceptors (Lipinski definition) is 2. The standard InChI is InChI=1S/C17H30N2/c1-5-8-11-18-14-16-9-10-17(13-15(16)4)19(7-3)12-6-2/h9-10,13,18H,5-8,11-12,14H2,1-4H3. The average Bonchev–Trinajstić information content (AvgIpc) is 2.42. The number of hydrogen-bond donors (Lipinski definition) is 1. The first-order valence-electron chi connectivity index (χ1n) is 7.78. The fourth-order valence-electron chi connectivity index (χ4n) is 2.34. The van der Waals surface area contributed by atoms with E-state index in [4.69, 9.17) is 0 Å². The number of nitrogens with one attached hydrogen (secondary N) is 1. The molecule has 1 rings (SSSR count). The highest BCUT2D eigenvalue weighted by Crippen LogP contribution is 2.19. The lowest BCUT2D eigenvalue weighted by Gasteiger charge is -2.23. The van der Waals surface area contributed by atoms with Gasteiger partial charge in [-0.05, 0) is 56.5 Å². The van der Waals surface area contributed by atoms with Crippen molar-refractivity contribution in [1.29, 1.82) is 0 Å². The molecule has 0 radical (unpaired) electrons. The molecule has 0 fully saturated rings. The molecule has 0 saturated carbocycles. The van der Waals surface area contributed by atoms with Gasteiger partial charge in [-0.1, -0.05) is 26.3 Å². The van der Waals surface area contributed by atoms with Crippen LogP contribution < -0.4 is 10.2 Å². The van der Waals surface area contributed by atoms with Crippen LogP contribution in [-0.4, -0.2) is 19.6 Å². The number of benzene rings is 1. The summed E-state index contributed by atoms with van der Waals surface area (Å²) in [5.41, 5.74) is 4.18. The van der Waals surface area contributed by atoms with Crippen LogP contribution >= 0.6 is 0 Å². The number of nitrogens with zero attached hydrogens (tertiary/aromatic N) is 1. The molecular weight excluding hydrogens is 232 g/mol. The first-order chi connectivity index (χ1) is 9.22. The summed E-state index contributed by atoms with van der Waals surface area (Å²) in [5.74, 6) is 0. The molecule has 0 amide bonds. The molecule has 0 spiro atoms. The van der Waals surface area contributed by atoms with Crippen LogP contribution in [0.2, 0.25) is 0 Å². The number of rotatable bonds is 9. The fourth-order valence-corrected chi connectivity index (χ4v) is 2.34. The molecular formula is C17H30N2. The zero-order valence-electron chi connectivity index (χ0n) is 13.1. The van der Waals surface area contributed by atoms with Gasteiger partial charge in [0.2, 0.25) is 0 Å². The molecule has 0 bridgehead atoms. The minimum Gasteiger partial charge on any atom is -0.372 e. The SMILES string of the molecule is CCCCNCc1ccc(N(CC)CCC)cc1C. The molecule has 0 aromatic heterocycles. The topological polar surface area (TPSA) is 15.3 Å². The molecule has 0 atom stereocenters. The second-order valence-electron chi connectivity index (χ2n) is 5.22. The molecule has 2 nitrogen and oxygen atoms in total. The molecule has 1 aromatic carbocycles. The Bertz CT molecular complexity index is 360. The smallest absolute Gasteiger partial charge is 0.0368 e. The maximum Gasteiger partial charge on any atom is 0.0368 e. The highest BCUT2D eigenvalue weighted by atomic mass is 15.1. The summed E-state index contributed by atoms with van der Waals surface area (Å²) in [5, 5.41) is 3.52. The quantitative estimate of drug-likeness (QED) is 0.673. The van der Waals surface area contributed by atoms with E-state index in [1.165, 1.54) is 36.1 Å². The van der Waals surface area contributed by atoms with Gasteiger partial charge in [0.15, 0.2) is 0 Å². The van der Waals surface area contributed by atoms with Crippen LogP contribution in [0.4, 0.5) is 5.69 Å². The third-order valence-corrected chi connectivity index (χ3v) is 3.59. The van der Waals surface area contributed by atoms with Gasteiger partial charge in [0.1, 0.15) is 0 Å². The number of unbranched alkanes of at least 4 members (excludes halogenated alkanes) is 1. The molecule has 2 heteroatoms. The van der Waals surface area contributed by atoms with E-state index >= 15 is 0 Å². The minimum absolute atomic E-state index is 0.992. The molecule has 0 saturated heterocycles. The maximum atomic E-state index is 3.52. The monoisotopic (exact) mass is 262 g/mol. The molecule has 0 aliphatic rings. The van der Waals surface area contributed by atoms with E-state index < -0.39 is 0 Å². The van der Waals surface area contributed by atoms with Crippen molar-refractivity contribution in [3.63, 3.8) is 0 Å². The van der Waals surface area contributed by atoms with Gasteiger partial charge >= 0.3 is 0 Å². The van der Waals surface area contributed by atoms with Gasteiger partial charge in [-0.3, -0.25) is 0 Å². The number of aryl methyl sites for hydroxylation is 1. The maximum absolute atomic E-state index is 3.52. The van der Waals surface area contributed by atoms with Gasteiger partial charge < -0.3 is 10.2 Å². The lowest BCUT2D eigenvalue weighted by Crippen LogP contribution is -2.23. The summed E-state index contributed by atoms with van der Waals surface area (Å²) in [6.45, 7) is 13.3. The first-order valence-corrected chi connectivity index (χ1v) is 7.78. The van der Waals surface area contributed by atoms with E-state index in [0.717, 1.165) is 26.2 Å². The van der Waals surface area contributed by atoms with Crippen LogP contribution in [0.5, 0.6) is 0 Å². The van der Waals surface area contributed by atoms with Crippen molar-refractivity contribution >= 4 is 5.69 Å². The van der Waals surface area contributed by atoms with Crippen molar-refractivity contribution in [3.05, 3.63) is 29.3 Å². The highest BCUT2D eigenvalue weighted by Gasteiger charge is 2.05. The Balaban J connectivity index is 2.62. The number of anilines is 1. The molecule has 1 N–H and O–H groups in total. The van der Waals surface area contributed by atoms with Gasteiger partial charge in [-0.2, -0.15) is 0 Å². The van der Waals surface area contributed by atoms with Crippen LogP contribution in [0, 0.1) is 6.92 Å². The molecule has 19 heavy (non-hydrogen) atoms. The van der Waals surface area contributed by atoms with Crippen molar-refractivity contribution in [2.75, 3.05) is 24.5 Å². The predicted octanol–water partition coefficient (Wildman–Crippen LogP) is 4.12. The Morgan fingerprint density at radius 3 is 2.47 bits per heavy atom. The Morgan fingerprint density at radius 1 is 1.11 bits per heavy atom. The average molecular weight is 262 g/mol. The lowest BCUT2D eigenvalue weighted by atomic mass is 10.1. The van der Waals surface area contributed by atoms with Crippen LogP contribution in [0.3, 0.4) is 0 Å². The first kappa shape index (κ1) is 16.0. The molecule has 0 unspecified atom stereocenters. The Kier molecular flexibility index (Phi) is 7.57. The second kappa shape index (κ2) is 8.98. The van der Waals surface area contributed by atoms with Crippen LogP contribution in [0.25, 0.3) is 0 Å². The van der Waals surface area contributed by atoms with E-state index in [1.807, 2.05) is 0 Å². The van der Waals surface area contributed by atoms with Crippen molar-refractivity contribution in [2.24, 2.45) is 0 Å². The molecule has 1 aromatic rings. The van der Waals surface area contributed by atoms with Crippen molar-refractivity contribution in [3.8, 4) is 0 Å². The summed E-state index contributed by atoms with van der Waals surface area (Å²) >= 11 is 0. The zero-order valence-corrected chi connectivity index (χ0v) is 13.1. The highest BCUT2D eigenvalue weighted by molar-refractivity contribution is 5.50. The minimum atomic E-state index is 0.992. The molecule has 108 valence electrons. The molecule has 0 aliphatic heterocycles. The van der Waals surface area contributed by atoms with Crippen LogP contribution in [0.1, 0.15) is 51.2 Å². The lowest BCUT2D eigenvalue weighted by molar-refractivity contribution is 0.640. The second-order valence-corrected chi connectivity index (χ2v) is 5.22. The molecule has 0 aliphatic carbocycles. The third kappa shape index (κ3) is 5.23. The Labute approximate surface area is 119 Å². The summed E-state index contributed by atoms with van der Waals surface area (Å²) in [6.07, 6.45) is 3.72. The van der Waals surface area contributed by atoms with Gasteiger partial charge in [0, 0.05) is 25.3 Å². The fraction of sp³-hybridized carbons (Fsp3) is 0.647. The third-order valence-electron chi connectivity index (χ3n) is 3.59. The van der Waals surface area contributed by atoms with Gasteiger partial charge in [0.25, 0.3) is 0 Å². The normalized spacial score (nSPS) is 10.7. The van der Waals surface area contributed by atoms with Crippen LogP contribution in [-0.2, 0) is 6.54 Å².